The van der Waals surface area contributed by atoms with E-state index in [1.54, 1.807) is 15.8 Å². The number of amides is 1. The van der Waals surface area contributed by atoms with Gasteiger partial charge >= 0.3 is 5.97 Å². The molecule has 28 heavy (non-hydrogen) atoms. The van der Waals surface area contributed by atoms with E-state index in [-0.39, 0.29) is 11.9 Å². The Labute approximate surface area is 166 Å². The van der Waals surface area contributed by atoms with Crippen LogP contribution in [0.4, 0.5) is 5.69 Å². The Morgan fingerprint density at radius 1 is 1.29 bits per heavy atom. The number of piperazine rings is 1. The summed E-state index contributed by atoms with van der Waals surface area (Å²) in [5.74, 6) is 0.687. The molecule has 1 aromatic rings. The van der Waals surface area contributed by atoms with Gasteiger partial charge in [0.2, 0.25) is 5.91 Å². The predicted octanol–water partition coefficient (Wildman–Crippen LogP) is 1.16. The summed E-state index contributed by atoms with van der Waals surface area (Å²) in [6, 6.07) is 0. The van der Waals surface area contributed by atoms with Crippen molar-refractivity contribution in [1.82, 2.24) is 20.0 Å². The van der Waals surface area contributed by atoms with E-state index >= 15 is 0 Å². The molecule has 1 amide bonds. The third-order valence-corrected chi connectivity index (χ3v) is 4.64. The molecule has 0 radical (unpaired) electrons. The SMILES string of the molecule is CCNC(=NCCCCCCC(=O)OC)N1CCN(c2cnn(C)c2)C(=O)C1. The highest BCUT2D eigenvalue weighted by Crippen LogP contribution is 2.16. The molecule has 9 nitrogen and oxygen atoms in total. The van der Waals surface area contributed by atoms with Crippen LogP contribution in [0.1, 0.15) is 39.0 Å². The zero-order chi connectivity index (χ0) is 20.4. The minimum atomic E-state index is -0.150. The molecule has 1 aromatic heterocycles. The van der Waals surface area contributed by atoms with Crippen molar-refractivity contribution in [3.8, 4) is 0 Å². The first-order valence-electron chi connectivity index (χ1n) is 9.94. The largest absolute Gasteiger partial charge is 0.469 e. The minimum absolute atomic E-state index is 0.0488. The van der Waals surface area contributed by atoms with Crippen LogP contribution in [0.3, 0.4) is 0 Å². The van der Waals surface area contributed by atoms with Gasteiger partial charge in [-0.3, -0.25) is 19.3 Å². The zero-order valence-electron chi connectivity index (χ0n) is 17.2. The van der Waals surface area contributed by atoms with Crippen LogP contribution in [-0.2, 0) is 21.4 Å². The van der Waals surface area contributed by atoms with E-state index in [1.165, 1.54) is 7.11 Å². The molecular weight excluding hydrogens is 360 g/mol. The summed E-state index contributed by atoms with van der Waals surface area (Å²) < 4.78 is 6.34. The number of methoxy groups -OCH3 is 1. The third-order valence-electron chi connectivity index (χ3n) is 4.64. The fourth-order valence-electron chi connectivity index (χ4n) is 3.12. The smallest absolute Gasteiger partial charge is 0.305 e. The zero-order valence-corrected chi connectivity index (χ0v) is 17.2. The quantitative estimate of drug-likeness (QED) is 0.293. The van der Waals surface area contributed by atoms with Crippen molar-refractivity contribution in [3.05, 3.63) is 12.4 Å². The molecular formula is C19H32N6O3. The Morgan fingerprint density at radius 3 is 2.71 bits per heavy atom. The molecule has 0 unspecified atom stereocenters. The van der Waals surface area contributed by atoms with Crippen molar-refractivity contribution in [2.75, 3.05) is 44.7 Å². The van der Waals surface area contributed by atoms with Crippen molar-refractivity contribution < 1.29 is 14.3 Å². The maximum Gasteiger partial charge on any atom is 0.305 e. The number of aryl methyl sites for hydroxylation is 1. The molecule has 1 saturated heterocycles. The van der Waals surface area contributed by atoms with Gasteiger partial charge in [-0.15, -0.1) is 0 Å². The first-order valence-corrected chi connectivity index (χ1v) is 9.94. The summed E-state index contributed by atoms with van der Waals surface area (Å²) in [5, 5.41) is 7.43. The summed E-state index contributed by atoms with van der Waals surface area (Å²) in [5.41, 5.74) is 0.834. The third kappa shape index (κ3) is 6.54. The summed E-state index contributed by atoms with van der Waals surface area (Å²) in [6.07, 6.45) is 7.86. The van der Waals surface area contributed by atoms with Crippen LogP contribution in [-0.4, -0.2) is 72.4 Å². The molecule has 156 valence electrons. The van der Waals surface area contributed by atoms with Gasteiger partial charge in [0, 0.05) is 45.8 Å². The number of carbonyl (C=O) groups excluding carboxylic acids is 2. The average Bonchev–Trinajstić information content (AvgIpc) is 3.12. The number of carbonyl (C=O) groups is 2. The number of esters is 1. The standard InChI is InChI=1S/C19H32N6O3/c1-4-20-19(21-10-8-6-5-7-9-18(27)28-3)24-11-12-25(17(26)15-24)16-13-22-23(2)14-16/h13-14H,4-12,15H2,1-3H3,(H,20,21). The van der Waals surface area contributed by atoms with Gasteiger partial charge in [-0.1, -0.05) is 12.8 Å². The number of hydrogen-bond acceptors (Lipinski definition) is 5. The van der Waals surface area contributed by atoms with Crippen LogP contribution in [0.15, 0.2) is 17.4 Å². The van der Waals surface area contributed by atoms with E-state index in [4.69, 9.17) is 0 Å². The molecule has 2 rings (SSSR count). The van der Waals surface area contributed by atoms with Crippen LogP contribution >= 0.6 is 0 Å². The molecule has 0 bridgehead atoms. The van der Waals surface area contributed by atoms with Crippen LogP contribution in [0.5, 0.6) is 0 Å². The van der Waals surface area contributed by atoms with Crippen LogP contribution in [0, 0.1) is 0 Å². The van der Waals surface area contributed by atoms with Crippen molar-refractivity contribution in [2.24, 2.45) is 12.0 Å². The molecule has 9 heteroatoms. The predicted molar refractivity (Wildman–Crippen MR) is 108 cm³/mol. The van der Waals surface area contributed by atoms with Crippen LogP contribution in [0.25, 0.3) is 0 Å². The van der Waals surface area contributed by atoms with Gasteiger partial charge < -0.3 is 19.9 Å². The number of nitrogens with one attached hydrogen (secondary N) is 1. The van der Waals surface area contributed by atoms with E-state index in [0.717, 1.165) is 50.4 Å². The molecule has 0 atom stereocenters. The monoisotopic (exact) mass is 392 g/mol. The number of anilines is 1. The highest BCUT2D eigenvalue weighted by atomic mass is 16.5. The number of nitrogens with zero attached hydrogens (tertiary/aromatic N) is 5. The van der Waals surface area contributed by atoms with E-state index in [0.29, 0.717) is 26.1 Å². The van der Waals surface area contributed by atoms with Gasteiger partial charge in [0.15, 0.2) is 5.96 Å². The summed E-state index contributed by atoms with van der Waals surface area (Å²) in [7, 11) is 3.26. The Morgan fingerprint density at radius 2 is 2.07 bits per heavy atom. The number of ether oxygens (including phenoxy) is 1. The second-order valence-electron chi connectivity index (χ2n) is 6.82. The Bertz CT molecular complexity index is 672. The molecule has 1 aliphatic heterocycles. The fraction of sp³-hybridized carbons (Fsp3) is 0.684. The van der Waals surface area contributed by atoms with Gasteiger partial charge in [-0.25, -0.2) is 0 Å². The number of aromatic nitrogens is 2. The molecule has 0 aromatic carbocycles. The lowest BCUT2D eigenvalue weighted by Crippen LogP contribution is -2.55. The number of unbranched alkanes of at least 4 members (excludes halogenated alkanes) is 3. The molecule has 1 N–H and O–H groups in total. The van der Waals surface area contributed by atoms with Crippen LogP contribution in [0.2, 0.25) is 0 Å². The van der Waals surface area contributed by atoms with Gasteiger partial charge in [-0.2, -0.15) is 5.10 Å². The van der Waals surface area contributed by atoms with E-state index in [2.05, 4.69) is 20.1 Å². The maximum atomic E-state index is 12.6. The van der Waals surface area contributed by atoms with Crippen molar-refractivity contribution >= 4 is 23.5 Å². The number of rotatable bonds is 9. The summed E-state index contributed by atoms with van der Waals surface area (Å²) >= 11 is 0. The van der Waals surface area contributed by atoms with Crippen molar-refractivity contribution in [1.29, 1.82) is 0 Å². The highest BCUT2D eigenvalue weighted by molar-refractivity contribution is 5.98. The van der Waals surface area contributed by atoms with Crippen LogP contribution < -0.4 is 10.2 Å². The highest BCUT2D eigenvalue weighted by Gasteiger charge is 2.27. The van der Waals surface area contributed by atoms with E-state index in [9.17, 15) is 9.59 Å². The second-order valence-corrected chi connectivity index (χ2v) is 6.82. The number of aliphatic imine (C=N–C) groups is 1. The molecule has 2 heterocycles. The van der Waals surface area contributed by atoms with E-state index in [1.807, 2.05) is 25.1 Å². The van der Waals surface area contributed by atoms with Crippen molar-refractivity contribution in [2.45, 2.75) is 39.0 Å². The number of guanidine groups is 1. The Kier molecular flexibility index (Phi) is 8.77. The maximum absolute atomic E-state index is 12.6. The first kappa shape index (κ1) is 21.7. The minimum Gasteiger partial charge on any atom is -0.469 e. The topological polar surface area (TPSA) is 92.1 Å². The molecule has 1 aliphatic rings. The van der Waals surface area contributed by atoms with Gasteiger partial charge in [0.05, 0.1) is 19.0 Å². The molecule has 0 spiro atoms. The Hall–Kier alpha value is -2.58. The number of hydrogen-bond donors (Lipinski definition) is 1. The van der Waals surface area contributed by atoms with Crippen molar-refractivity contribution in [3.63, 3.8) is 0 Å². The van der Waals surface area contributed by atoms with Gasteiger partial charge in [-0.05, 0) is 19.8 Å². The fourth-order valence-corrected chi connectivity index (χ4v) is 3.12. The lowest BCUT2D eigenvalue weighted by atomic mass is 10.1. The molecule has 0 aliphatic carbocycles. The van der Waals surface area contributed by atoms with Gasteiger partial charge in [0.25, 0.3) is 0 Å². The average molecular weight is 393 g/mol. The van der Waals surface area contributed by atoms with E-state index < -0.39 is 0 Å². The second kappa shape index (κ2) is 11.3. The molecule has 1 fully saturated rings. The summed E-state index contributed by atoms with van der Waals surface area (Å²) in [6.45, 7) is 5.14. The lowest BCUT2D eigenvalue weighted by Gasteiger charge is -2.35. The molecule has 0 saturated carbocycles. The Balaban J connectivity index is 1.79. The summed E-state index contributed by atoms with van der Waals surface area (Å²) in [4.78, 5) is 32.1. The van der Waals surface area contributed by atoms with Gasteiger partial charge in [0.1, 0.15) is 6.54 Å². The normalized spacial score (nSPS) is 15.1. The lowest BCUT2D eigenvalue weighted by molar-refractivity contribution is -0.140. The first-order chi connectivity index (χ1) is 13.5.